The summed E-state index contributed by atoms with van der Waals surface area (Å²) >= 11 is 0. The number of fused-ring (bicyclic) bond motifs is 1. The molecule has 0 spiro atoms. The Bertz CT molecular complexity index is 1510. The summed E-state index contributed by atoms with van der Waals surface area (Å²) in [5, 5.41) is 3.56. The van der Waals surface area contributed by atoms with Crippen molar-refractivity contribution in [3.63, 3.8) is 0 Å². The summed E-state index contributed by atoms with van der Waals surface area (Å²) in [6.45, 7) is 7.88. The molecule has 0 saturated carbocycles. The number of H-pyrrole nitrogens is 1. The molecular weight excluding hydrogens is 479 g/mol. The fraction of sp³-hybridized carbons (Fsp3) is 0.310. The molecule has 0 aliphatic heterocycles. The smallest absolute Gasteiger partial charge is 0.348 e. The van der Waals surface area contributed by atoms with Gasteiger partial charge >= 0.3 is 6.18 Å². The van der Waals surface area contributed by atoms with E-state index in [0.717, 1.165) is 35.3 Å². The molecule has 8 heteroatoms. The van der Waals surface area contributed by atoms with E-state index in [1.165, 1.54) is 6.07 Å². The van der Waals surface area contributed by atoms with Gasteiger partial charge in [0.25, 0.3) is 11.5 Å². The lowest BCUT2D eigenvalue weighted by atomic mass is 9.98. The number of aromatic amines is 1. The van der Waals surface area contributed by atoms with Crippen molar-refractivity contribution in [2.45, 2.75) is 59.3 Å². The summed E-state index contributed by atoms with van der Waals surface area (Å²) in [5.41, 5.74) is 3.11. The monoisotopic (exact) mass is 509 g/mol. The van der Waals surface area contributed by atoms with Gasteiger partial charge in [0.2, 0.25) is 0 Å². The number of amides is 1. The summed E-state index contributed by atoms with van der Waals surface area (Å²) in [5.74, 6) is -0.400. The van der Waals surface area contributed by atoms with E-state index in [-0.39, 0.29) is 18.1 Å². The zero-order valence-electron chi connectivity index (χ0n) is 21.3. The molecule has 4 rings (SSSR count). The largest absolute Gasteiger partial charge is 0.416 e. The van der Waals surface area contributed by atoms with Crippen molar-refractivity contribution in [2.24, 2.45) is 0 Å². The first kappa shape index (κ1) is 26.3. The van der Waals surface area contributed by atoms with Gasteiger partial charge in [-0.1, -0.05) is 25.5 Å². The molecule has 1 amide bonds. The Morgan fingerprint density at radius 2 is 1.84 bits per heavy atom. The first-order chi connectivity index (χ1) is 17.5. The molecule has 2 aromatic heterocycles. The number of rotatable bonds is 7. The van der Waals surface area contributed by atoms with Crippen LogP contribution < -0.4 is 10.9 Å². The van der Waals surface area contributed by atoms with Gasteiger partial charge in [-0.3, -0.25) is 9.59 Å². The van der Waals surface area contributed by atoms with Crippen LogP contribution in [0.2, 0.25) is 0 Å². The maximum atomic E-state index is 13.5. The number of carbonyl (C=O) groups is 1. The zero-order chi connectivity index (χ0) is 26.9. The second kappa shape index (κ2) is 10.3. The average molecular weight is 510 g/mol. The lowest BCUT2D eigenvalue weighted by molar-refractivity contribution is -0.137. The van der Waals surface area contributed by atoms with Crippen molar-refractivity contribution in [1.29, 1.82) is 0 Å². The van der Waals surface area contributed by atoms with Crippen LogP contribution in [0.25, 0.3) is 22.0 Å². The number of halogens is 3. The molecule has 4 aromatic rings. The molecule has 2 heterocycles. The minimum Gasteiger partial charge on any atom is -0.348 e. The first-order valence-corrected chi connectivity index (χ1v) is 12.3. The van der Waals surface area contributed by atoms with Crippen LogP contribution in [-0.4, -0.2) is 15.5 Å². The molecule has 194 valence electrons. The SMILES string of the molecule is CCCc1cc(C)[nH]c(=O)c1CNC(=O)c1cc(-c2cccc(C(F)(F)F)c2)cc2c1ccn2C(C)C. The number of aryl methyl sites for hydroxylation is 2. The Kier molecular flexibility index (Phi) is 7.30. The highest BCUT2D eigenvalue weighted by atomic mass is 19.4. The summed E-state index contributed by atoms with van der Waals surface area (Å²) in [7, 11) is 0. The van der Waals surface area contributed by atoms with Gasteiger partial charge in [-0.15, -0.1) is 0 Å². The van der Waals surface area contributed by atoms with Crippen LogP contribution in [0.1, 0.15) is 66.0 Å². The van der Waals surface area contributed by atoms with E-state index >= 15 is 0 Å². The summed E-state index contributed by atoms with van der Waals surface area (Å²) in [6, 6.07) is 12.3. The number of carbonyl (C=O) groups excluding carboxylic acids is 1. The maximum absolute atomic E-state index is 13.5. The number of pyridine rings is 1. The minimum atomic E-state index is -4.48. The molecule has 0 aliphatic rings. The quantitative estimate of drug-likeness (QED) is 0.288. The predicted octanol–water partition coefficient (Wildman–Crippen LogP) is 6.79. The normalized spacial score (nSPS) is 11.9. The highest BCUT2D eigenvalue weighted by molar-refractivity contribution is 6.08. The van der Waals surface area contributed by atoms with Gasteiger partial charge in [0.1, 0.15) is 0 Å². The third kappa shape index (κ3) is 5.48. The molecule has 0 bridgehead atoms. The molecule has 0 saturated heterocycles. The molecule has 2 aromatic carbocycles. The molecule has 0 atom stereocenters. The van der Waals surface area contributed by atoms with E-state index in [9.17, 15) is 22.8 Å². The van der Waals surface area contributed by atoms with Crippen LogP contribution in [0, 0.1) is 6.92 Å². The van der Waals surface area contributed by atoms with E-state index in [1.54, 1.807) is 12.1 Å². The number of hydrogen-bond acceptors (Lipinski definition) is 2. The van der Waals surface area contributed by atoms with E-state index in [4.69, 9.17) is 0 Å². The highest BCUT2D eigenvalue weighted by Crippen LogP contribution is 2.34. The standard InChI is InChI=1S/C29H30F3N3O2/c1-5-7-20-12-18(4)34-28(37)25(20)16-33-27(36)24-14-21(15-26-23(24)10-11-35(26)17(2)3)19-8-6-9-22(13-19)29(30,31)32/h6,8-15,17H,5,7,16H2,1-4H3,(H,33,36)(H,34,37). The zero-order valence-corrected chi connectivity index (χ0v) is 21.3. The number of alkyl halides is 3. The fourth-order valence-corrected chi connectivity index (χ4v) is 4.68. The van der Waals surface area contributed by atoms with Gasteiger partial charge in [-0.25, -0.2) is 0 Å². The van der Waals surface area contributed by atoms with Gasteiger partial charge < -0.3 is 14.9 Å². The summed E-state index contributed by atoms with van der Waals surface area (Å²) < 4.78 is 42.1. The second-order valence-electron chi connectivity index (χ2n) is 9.57. The third-order valence-corrected chi connectivity index (χ3v) is 6.47. The predicted molar refractivity (Wildman–Crippen MR) is 140 cm³/mol. The van der Waals surface area contributed by atoms with Crippen LogP contribution in [-0.2, 0) is 19.1 Å². The lowest BCUT2D eigenvalue weighted by Gasteiger charge is -2.15. The van der Waals surface area contributed by atoms with Crippen LogP contribution in [0.5, 0.6) is 0 Å². The number of nitrogens with zero attached hydrogens (tertiary/aromatic N) is 1. The molecule has 37 heavy (non-hydrogen) atoms. The Morgan fingerprint density at radius 1 is 1.08 bits per heavy atom. The molecule has 0 radical (unpaired) electrons. The van der Waals surface area contributed by atoms with Crippen molar-refractivity contribution in [2.75, 3.05) is 0 Å². The van der Waals surface area contributed by atoms with Crippen molar-refractivity contribution >= 4 is 16.8 Å². The lowest BCUT2D eigenvalue weighted by Crippen LogP contribution is -2.28. The Morgan fingerprint density at radius 3 is 2.51 bits per heavy atom. The number of benzene rings is 2. The molecule has 2 N–H and O–H groups in total. The van der Waals surface area contributed by atoms with Crippen LogP contribution in [0.15, 0.2) is 59.5 Å². The van der Waals surface area contributed by atoms with Crippen LogP contribution in [0.3, 0.4) is 0 Å². The topological polar surface area (TPSA) is 66.9 Å². The average Bonchev–Trinajstić information content (AvgIpc) is 3.27. The third-order valence-electron chi connectivity index (χ3n) is 6.47. The number of nitrogens with one attached hydrogen (secondary N) is 2. The number of hydrogen-bond donors (Lipinski definition) is 2. The molecule has 0 unspecified atom stereocenters. The van der Waals surface area contributed by atoms with E-state index in [1.807, 2.05) is 56.7 Å². The first-order valence-electron chi connectivity index (χ1n) is 12.3. The molecule has 0 aliphatic carbocycles. The Hall–Kier alpha value is -3.81. The molecular formula is C29H30F3N3O2. The van der Waals surface area contributed by atoms with E-state index in [2.05, 4.69) is 10.3 Å². The van der Waals surface area contributed by atoms with Crippen LogP contribution in [0.4, 0.5) is 13.2 Å². The van der Waals surface area contributed by atoms with Gasteiger partial charge in [0.15, 0.2) is 0 Å². The minimum absolute atomic E-state index is 0.0456. The van der Waals surface area contributed by atoms with Gasteiger partial charge in [-0.2, -0.15) is 13.2 Å². The van der Waals surface area contributed by atoms with Crippen molar-refractivity contribution in [3.8, 4) is 11.1 Å². The van der Waals surface area contributed by atoms with Crippen molar-refractivity contribution < 1.29 is 18.0 Å². The molecule has 5 nitrogen and oxygen atoms in total. The van der Waals surface area contributed by atoms with Gasteiger partial charge in [0, 0.05) is 46.5 Å². The van der Waals surface area contributed by atoms with E-state index < -0.39 is 17.6 Å². The van der Waals surface area contributed by atoms with Crippen molar-refractivity contribution in [3.05, 3.63) is 93.0 Å². The summed E-state index contributed by atoms with van der Waals surface area (Å²) in [6.07, 6.45) is -1.05. The Balaban J connectivity index is 1.77. The van der Waals surface area contributed by atoms with Gasteiger partial charge in [-0.05, 0) is 80.3 Å². The summed E-state index contributed by atoms with van der Waals surface area (Å²) in [4.78, 5) is 28.9. The second-order valence-corrected chi connectivity index (χ2v) is 9.57. The van der Waals surface area contributed by atoms with Gasteiger partial charge in [0.05, 0.1) is 5.56 Å². The maximum Gasteiger partial charge on any atom is 0.416 e. The van der Waals surface area contributed by atoms with Crippen molar-refractivity contribution in [1.82, 2.24) is 14.9 Å². The van der Waals surface area contributed by atoms with Crippen LogP contribution >= 0.6 is 0 Å². The highest BCUT2D eigenvalue weighted by Gasteiger charge is 2.30. The Labute approximate surface area is 213 Å². The molecule has 0 fully saturated rings. The van der Waals surface area contributed by atoms with E-state index in [0.29, 0.717) is 34.1 Å². The fourth-order valence-electron chi connectivity index (χ4n) is 4.68. The number of aromatic nitrogens is 2.